The first kappa shape index (κ1) is 23.0. The zero-order valence-electron chi connectivity index (χ0n) is 19.8. The van der Waals surface area contributed by atoms with Gasteiger partial charge in [-0.1, -0.05) is 19.1 Å². The quantitative estimate of drug-likeness (QED) is 0.763. The van der Waals surface area contributed by atoms with Crippen molar-refractivity contribution in [2.24, 2.45) is 0 Å². The molecular weight excluding hydrogens is 414 g/mol. The van der Waals surface area contributed by atoms with Crippen molar-refractivity contribution in [1.29, 1.82) is 0 Å². The van der Waals surface area contributed by atoms with Gasteiger partial charge >= 0.3 is 0 Å². The SMILES string of the molecule is CCC(=O)Nc1ccc2c(c1)CN(C(=O)c1ccc(C)c(C)c1)[C@H](C(=O)N1CCCCC1)C2. The van der Waals surface area contributed by atoms with Crippen LogP contribution in [0.1, 0.15) is 65.2 Å². The molecule has 2 aromatic rings. The van der Waals surface area contributed by atoms with Crippen molar-refractivity contribution in [1.82, 2.24) is 9.80 Å². The lowest BCUT2D eigenvalue weighted by Crippen LogP contribution is -2.54. The van der Waals surface area contributed by atoms with E-state index in [0.29, 0.717) is 24.9 Å². The molecule has 0 saturated carbocycles. The molecule has 2 heterocycles. The average molecular weight is 448 g/mol. The van der Waals surface area contributed by atoms with Crippen molar-refractivity contribution >= 4 is 23.4 Å². The highest BCUT2D eigenvalue weighted by atomic mass is 16.2. The van der Waals surface area contributed by atoms with Crippen LogP contribution in [0.15, 0.2) is 36.4 Å². The van der Waals surface area contributed by atoms with Gasteiger partial charge in [0, 0.05) is 43.7 Å². The summed E-state index contributed by atoms with van der Waals surface area (Å²) in [6, 6.07) is 11.0. The van der Waals surface area contributed by atoms with E-state index < -0.39 is 6.04 Å². The Kier molecular flexibility index (Phi) is 6.82. The van der Waals surface area contributed by atoms with Gasteiger partial charge in [-0.05, 0) is 79.6 Å². The van der Waals surface area contributed by atoms with Gasteiger partial charge in [-0.2, -0.15) is 0 Å². The molecule has 174 valence electrons. The van der Waals surface area contributed by atoms with Crippen LogP contribution in [0.2, 0.25) is 0 Å². The van der Waals surface area contributed by atoms with Crippen molar-refractivity contribution in [3.8, 4) is 0 Å². The van der Waals surface area contributed by atoms with Gasteiger partial charge in [0.15, 0.2) is 0 Å². The van der Waals surface area contributed by atoms with Crippen LogP contribution in [-0.2, 0) is 22.6 Å². The monoisotopic (exact) mass is 447 g/mol. The number of hydrogen-bond donors (Lipinski definition) is 1. The second-order valence-corrected chi connectivity index (χ2v) is 9.22. The number of aryl methyl sites for hydroxylation is 2. The van der Waals surface area contributed by atoms with E-state index in [2.05, 4.69) is 5.32 Å². The predicted octanol–water partition coefficient (Wildman–Crippen LogP) is 4.23. The molecule has 0 aromatic heterocycles. The topological polar surface area (TPSA) is 69.7 Å². The molecule has 2 aliphatic heterocycles. The number of carbonyl (C=O) groups is 3. The Morgan fingerprint density at radius 2 is 1.70 bits per heavy atom. The molecule has 33 heavy (non-hydrogen) atoms. The molecule has 0 aliphatic carbocycles. The van der Waals surface area contributed by atoms with Crippen LogP contribution in [-0.4, -0.2) is 46.7 Å². The number of hydrogen-bond acceptors (Lipinski definition) is 3. The normalized spacial score (nSPS) is 18.0. The Balaban J connectivity index is 1.67. The maximum Gasteiger partial charge on any atom is 0.254 e. The maximum absolute atomic E-state index is 13.7. The number of amides is 3. The van der Waals surface area contributed by atoms with Crippen LogP contribution in [0.25, 0.3) is 0 Å². The van der Waals surface area contributed by atoms with Crippen molar-refractivity contribution in [2.75, 3.05) is 18.4 Å². The lowest BCUT2D eigenvalue weighted by Gasteiger charge is -2.40. The first-order valence-electron chi connectivity index (χ1n) is 12.0. The third-order valence-corrected chi connectivity index (χ3v) is 6.91. The zero-order valence-corrected chi connectivity index (χ0v) is 19.8. The van der Waals surface area contributed by atoms with Crippen LogP contribution >= 0.6 is 0 Å². The molecule has 0 unspecified atom stereocenters. The van der Waals surface area contributed by atoms with Crippen LogP contribution in [0.3, 0.4) is 0 Å². The summed E-state index contributed by atoms with van der Waals surface area (Å²) >= 11 is 0. The van der Waals surface area contributed by atoms with E-state index in [9.17, 15) is 14.4 Å². The molecule has 1 atom stereocenters. The maximum atomic E-state index is 13.7. The van der Waals surface area contributed by atoms with Crippen molar-refractivity contribution < 1.29 is 14.4 Å². The van der Waals surface area contributed by atoms with Crippen LogP contribution in [0, 0.1) is 13.8 Å². The number of likely N-dealkylation sites (tertiary alicyclic amines) is 1. The summed E-state index contributed by atoms with van der Waals surface area (Å²) in [5, 5.41) is 2.90. The summed E-state index contributed by atoms with van der Waals surface area (Å²) < 4.78 is 0. The van der Waals surface area contributed by atoms with Gasteiger partial charge in [0.25, 0.3) is 5.91 Å². The third kappa shape index (κ3) is 4.95. The smallest absolute Gasteiger partial charge is 0.254 e. The molecular formula is C27H33N3O3. The average Bonchev–Trinajstić information content (AvgIpc) is 2.84. The van der Waals surface area contributed by atoms with E-state index in [-0.39, 0.29) is 17.7 Å². The molecule has 2 aromatic carbocycles. The van der Waals surface area contributed by atoms with E-state index in [1.165, 1.54) is 0 Å². The molecule has 1 fully saturated rings. The number of nitrogens with zero attached hydrogens (tertiary/aromatic N) is 2. The van der Waals surface area contributed by atoms with Crippen molar-refractivity contribution in [3.05, 3.63) is 64.2 Å². The minimum absolute atomic E-state index is 0.0425. The molecule has 6 nitrogen and oxygen atoms in total. The highest BCUT2D eigenvalue weighted by Gasteiger charge is 2.37. The minimum Gasteiger partial charge on any atom is -0.341 e. The summed E-state index contributed by atoms with van der Waals surface area (Å²) in [4.78, 5) is 42.7. The molecule has 4 rings (SSSR count). The largest absolute Gasteiger partial charge is 0.341 e. The Morgan fingerprint density at radius 1 is 0.939 bits per heavy atom. The number of piperidine rings is 1. The number of fused-ring (bicyclic) bond motifs is 1. The summed E-state index contributed by atoms with van der Waals surface area (Å²) in [6.07, 6.45) is 4.07. The fraction of sp³-hybridized carbons (Fsp3) is 0.444. The van der Waals surface area contributed by atoms with Gasteiger partial charge in [0.1, 0.15) is 6.04 Å². The summed E-state index contributed by atoms with van der Waals surface area (Å²) in [6.45, 7) is 7.70. The molecule has 0 spiro atoms. The number of carbonyl (C=O) groups excluding carboxylic acids is 3. The van der Waals surface area contributed by atoms with E-state index in [4.69, 9.17) is 0 Å². The van der Waals surface area contributed by atoms with Gasteiger partial charge in [-0.3, -0.25) is 14.4 Å². The fourth-order valence-electron chi connectivity index (χ4n) is 4.71. The Labute approximate surface area is 196 Å². The van der Waals surface area contributed by atoms with Crippen molar-refractivity contribution in [2.45, 2.75) is 65.5 Å². The Morgan fingerprint density at radius 3 is 2.39 bits per heavy atom. The van der Waals surface area contributed by atoms with Crippen LogP contribution in [0.5, 0.6) is 0 Å². The number of anilines is 1. The first-order chi connectivity index (χ1) is 15.9. The lowest BCUT2D eigenvalue weighted by molar-refractivity contribution is -0.137. The molecule has 0 bridgehead atoms. The van der Waals surface area contributed by atoms with Gasteiger partial charge in [-0.25, -0.2) is 0 Å². The third-order valence-electron chi connectivity index (χ3n) is 6.91. The summed E-state index contributed by atoms with van der Waals surface area (Å²) in [5.41, 5.74) is 5.55. The van der Waals surface area contributed by atoms with Gasteiger partial charge in [0.05, 0.1) is 0 Å². The van der Waals surface area contributed by atoms with E-state index >= 15 is 0 Å². The van der Waals surface area contributed by atoms with Gasteiger partial charge < -0.3 is 15.1 Å². The number of rotatable bonds is 4. The standard InChI is InChI=1S/C27H33N3O3/c1-4-25(31)28-23-11-10-20-16-24(27(33)29-12-6-5-7-13-29)30(17-22(20)15-23)26(32)21-9-8-18(2)19(3)14-21/h8-11,14-15,24H,4-7,12-13,16-17H2,1-3H3,(H,28,31)/t24-/m0/s1. The second kappa shape index (κ2) is 9.77. The van der Waals surface area contributed by atoms with E-state index in [1.54, 1.807) is 4.90 Å². The minimum atomic E-state index is -0.513. The Bertz CT molecular complexity index is 1070. The van der Waals surface area contributed by atoms with Crippen LogP contribution in [0.4, 0.5) is 5.69 Å². The van der Waals surface area contributed by atoms with Crippen LogP contribution < -0.4 is 5.32 Å². The fourth-order valence-corrected chi connectivity index (χ4v) is 4.71. The molecule has 6 heteroatoms. The lowest BCUT2D eigenvalue weighted by atomic mass is 9.91. The molecule has 1 N–H and O–H groups in total. The second-order valence-electron chi connectivity index (χ2n) is 9.22. The molecule has 3 amide bonds. The molecule has 0 radical (unpaired) electrons. The van der Waals surface area contributed by atoms with E-state index in [0.717, 1.165) is 60.3 Å². The highest BCUT2D eigenvalue weighted by molar-refractivity contribution is 5.98. The molecule has 2 aliphatic rings. The highest BCUT2D eigenvalue weighted by Crippen LogP contribution is 2.29. The van der Waals surface area contributed by atoms with Gasteiger partial charge in [-0.15, -0.1) is 0 Å². The number of benzene rings is 2. The molecule has 1 saturated heterocycles. The van der Waals surface area contributed by atoms with E-state index in [1.807, 2.05) is 62.1 Å². The summed E-state index contributed by atoms with van der Waals surface area (Å²) in [7, 11) is 0. The van der Waals surface area contributed by atoms with Gasteiger partial charge in [0.2, 0.25) is 11.8 Å². The first-order valence-corrected chi connectivity index (χ1v) is 12.0. The van der Waals surface area contributed by atoms with Crippen molar-refractivity contribution in [3.63, 3.8) is 0 Å². The predicted molar refractivity (Wildman–Crippen MR) is 129 cm³/mol. The Hall–Kier alpha value is -3.15. The number of nitrogens with one attached hydrogen (secondary N) is 1. The zero-order chi connectivity index (χ0) is 23.5. The summed E-state index contributed by atoms with van der Waals surface area (Å²) in [5.74, 6) is -0.130.